The van der Waals surface area contributed by atoms with Gasteiger partial charge in [0.25, 0.3) is 0 Å². The molecule has 0 unspecified atom stereocenters. The summed E-state index contributed by atoms with van der Waals surface area (Å²) in [5.74, 6) is -0.128. The third kappa shape index (κ3) is 4.91. The van der Waals surface area contributed by atoms with Crippen molar-refractivity contribution in [3.05, 3.63) is 23.3 Å². The highest BCUT2D eigenvalue weighted by molar-refractivity contribution is 7.89. The van der Waals surface area contributed by atoms with Crippen LogP contribution in [0.3, 0.4) is 0 Å². The first-order chi connectivity index (χ1) is 10.2. The molecular formula is C15H24ClN3O3S. The largest absolute Gasteiger partial charge is 0.326 e. The minimum atomic E-state index is -3.80. The molecule has 8 heteroatoms. The van der Waals surface area contributed by atoms with E-state index in [1.54, 1.807) is 6.92 Å². The van der Waals surface area contributed by atoms with Gasteiger partial charge in [-0.3, -0.25) is 4.79 Å². The predicted molar refractivity (Wildman–Crippen MR) is 93.4 cm³/mol. The van der Waals surface area contributed by atoms with Crippen LogP contribution in [0.2, 0.25) is 0 Å². The number of hydrogen-bond acceptors (Lipinski definition) is 4. The fourth-order valence-corrected chi connectivity index (χ4v) is 3.35. The Hall–Kier alpha value is -1.15. The summed E-state index contributed by atoms with van der Waals surface area (Å²) in [4.78, 5) is 12.4. The zero-order valence-electron chi connectivity index (χ0n) is 13.5. The van der Waals surface area contributed by atoms with Crippen molar-refractivity contribution < 1.29 is 13.2 Å². The number of piperidine rings is 1. The number of halogens is 1. The number of nitrogens with two attached hydrogens (primary N) is 1. The lowest BCUT2D eigenvalue weighted by atomic mass is 9.92. The van der Waals surface area contributed by atoms with Crippen molar-refractivity contribution in [1.82, 2.24) is 5.32 Å². The minimum Gasteiger partial charge on any atom is -0.326 e. The normalized spacial score (nSPS) is 21.4. The highest BCUT2D eigenvalue weighted by atomic mass is 35.5. The summed E-state index contributed by atoms with van der Waals surface area (Å²) >= 11 is 0. The topological polar surface area (TPSA) is 101 Å². The smallest absolute Gasteiger partial charge is 0.238 e. The molecule has 1 saturated heterocycles. The molecule has 2 atom stereocenters. The second-order valence-electron chi connectivity index (χ2n) is 6.02. The van der Waals surface area contributed by atoms with Gasteiger partial charge in [0.15, 0.2) is 0 Å². The van der Waals surface area contributed by atoms with Crippen LogP contribution in [-0.2, 0) is 14.8 Å². The lowest BCUT2D eigenvalue weighted by Gasteiger charge is -2.27. The number of primary sulfonamides is 1. The van der Waals surface area contributed by atoms with Gasteiger partial charge in [0, 0.05) is 17.6 Å². The number of nitrogens with one attached hydrogen (secondary N) is 2. The van der Waals surface area contributed by atoms with Crippen molar-refractivity contribution in [2.75, 3.05) is 11.9 Å². The van der Waals surface area contributed by atoms with E-state index in [4.69, 9.17) is 5.14 Å². The average molecular weight is 362 g/mol. The van der Waals surface area contributed by atoms with Crippen LogP contribution in [-0.4, -0.2) is 26.9 Å². The molecule has 130 valence electrons. The van der Waals surface area contributed by atoms with Gasteiger partial charge in [-0.05, 0) is 63.4 Å². The highest BCUT2D eigenvalue weighted by Gasteiger charge is 2.25. The van der Waals surface area contributed by atoms with Crippen LogP contribution in [0.15, 0.2) is 17.0 Å². The van der Waals surface area contributed by atoms with Gasteiger partial charge in [0.05, 0.1) is 4.90 Å². The quantitative estimate of drug-likeness (QED) is 0.762. The number of carbonyl (C=O) groups is 1. The number of amides is 1. The third-order valence-electron chi connectivity index (χ3n) is 4.22. The van der Waals surface area contributed by atoms with Crippen LogP contribution < -0.4 is 15.8 Å². The van der Waals surface area contributed by atoms with Crippen LogP contribution in [0.5, 0.6) is 0 Å². The second kappa shape index (κ2) is 7.61. The molecule has 0 aliphatic carbocycles. The fraction of sp³-hybridized carbons (Fsp3) is 0.533. The fourth-order valence-electron chi connectivity index (χ4n) is 2.73. The molecule has 1 aliphatic rings. The maximum Gasteiger partial charge on any atom is 0.238 e. The summed E-state index contributed by atoms with van der Waals surface area (Å²) in [6, 6.07) is 3.26. The summed E-state index contributed by atoms with van der Waals surface area (Å²) in [6.45, 7) is 6.51. The van der Waals surface area contributed by atoms with Gasteiger partial charge in [-0.2, -0.15) is 0 Å². The number of benzene rings is 1. The molecule has 0 saturated carbocycles. The second-order valence-corrected chi connectivity index (χ2v) is 7.58. The highest BCUT2D eigenvalue weighted by Crippen LogP contribution is 2.25. The molecule has 6 nitrogen and oxygen atoms in total. The Balaban J connectivity index is 0.00000264. The van der Waals surface area contributed by atoms with Gasteiger partial charge in [-0.1, -0.05) is 0 Å². The molecular weight excluding hydrogens is 338 g/mol. The van der Waals surface area contributed by atoms with E-state index in [9.17, 15) is 13.2 Å². The van der Waals surface area contributed by atoms with E-state index < -0.39 is 10.0 Å². The molecule has 1 aromatic carbocycles. The first-order valence-electron chi connectivity index (χ1n) is 7.36. The number of anilines is 1. The molecule has 0 spiro atoms. The molecule has 23 heavy (non-hydrogen) atoms. The van der Waals surface area contributed by atoms with Crippen molar-refractivity contribution in [1.29, 1.82) is 0 Å². The van der Waals surface area contributed by atoms with Gasteiger partial charge in [-0.15, -0.1) is 12.4 Å². The van der Waals surface area contributed by atoms with Gasteiger partial charge in [0.1, 0.15) is 0 Å². The Morgan fingerprint density at radius 2 is 2.00 bits per heavy atom. The van der Waals surface area contributed by atoms with Gasteiger partial charge >= 0.3 is 0 Å². The van der Waals surface area contributed by atoms with E-state index in [2.05, 4.69) is 17.6 Å². The number of hydrogen-bond donors (Lipinski definition) is 3. The molecule has 0 aromatic heterocycles. The van der Waals surface area contributed by atoms with E-state index in [1.807, 2.05) is 6.92 Å². The van der Waals surface area contributed by atoms with Crippen molar-refractivity contribution in [2.45, 2.75) is 44.6 Å². The van der Waals surface area contributed by atoms with Crippen molar-refractivity contribution in [3.63, 3.8) is 0 Å². The molecule has 4 N–H and O–H groups in total. The number of carbonyl (C=O) groups excluding carboxylic acids is 1. The van der Waals surface area contributed by atoms with Crippen molar-refractivity contribution >= 4 is 34.0 Å². The molecule has 1 aliphatic heterocycles. The Morgan fingerprint density at radius 1 is 1.35 bits per heavy atom. The van der Waals surface area contributed by atoms with E-state index in [1.165, 1.54) is 12.1 Å². The Morgan fingerprint density at radius 3 is 2.57 bits per heavy atom. The maximum absolute atomic E-state index is 12.4. The Labute approximate surface area is 143 Å². The van der Waals surface area contributed by atoms with E-state index in [0.717, 1.165) is 30.5 Å². The van der Waals surface area contributed by atoms with Crippen molar-refractivity contribution in [3.8, 4) is 0 Å². The Kier molecular flexibility index (Phi) is 6.59. The average Bonchev–Trinajstić information content (AvgIpc) is 2.42. The summed E-state index contributed by atoms with van der Waals surface area (Å²) in [5, 5.41) is 11.4. The van der Waals surface area contributed by atoms with Crippen molar-refractivity contribution in [2.24, 2.45) is 11.1 Å². The van der Waals surface area contributed by atoms with Crippen LogP contribution >= 0.6 is 12.4 Å². The number of sulfonamides is 1. The first-order valence-corrected chi connectivity index (χ1v) is 8.91. The molecule has 1 heterocycles. The van der Waals surface area contributed by atoms with Gasteiger partial charge in [0.2, 0.25) is 15.9 Å². The molecule has 0 bridgehead atoms. The molecule has 1 aromatic rings. The standard InChI is InChI=1S/C15H23N3O3S.ClH/c1-9-6-13(22(16,20)21)8-14(11(9)3)18-15(19)12-4-5-17-10(2)7-12;/h6,8,10,12,17H,4-5,7H2,1-3H3,(H,18,19)(H2,16,20,21);1H/t10-,12-;/m0./s1. The summed E-state index contributed by atoms with van der Waals surface area (Å²) < 4.78 is 23.1. The minimum absolute atomic E-state index is 0. The third-order valence-corrected chi connectivity index (χ3v) is 5.11. The summed E-state index contributed by atoms with van der Waals surface area (Å²) in [7, 11) is -3.80. The SMILES string of the molecule is Cc1cc(S(N)(=O)=O)cc(NC(=O)[C@H]2CCN[C@@H](C)C2)c1C.Cl. The van der Waals surface area contributed by atoms with Gasteiger partial charge in [-0.25, -0.2) is 13.6 Å². The maximum atomic E-state index is 12.4. The predicted octanol–water partition coefficient (Wildman–Crippen LogP) is 1.70. The molecule has 1 amide bonds. The zero-order valence-corrected chi connectivity index (χ0v) is 15.2. The van der Waals surface area contributed by atoms with E-state index in [0.29, 0.717) is 11.7 Å². The lowest BCUT2D eigenvalue weighted by molar-refractivity contribution is -0.120. The van der Waals surface area contributed by atoms with Crippen LogP contribution in [0, 0.1) is 19.8 Å². The van der Waals surface area contributed by atoms with E-state index >= 15 is 0 Å². The molecule has 1 fully saturated rings. The summed E-state index contributed by atoms with van der Waals surface area (Å²) in [5.41, 5.74) is 2.14. The number of rotatable bonds is 3. The zero-order chi connectivity index (χ0) is 16.5. The summed E-state index contributed by atoms with van der Waals surface area (Å²) in [6.07, 6.45) is 1.56. The van der Waals surface area contributed by atoms with E-state index in [-0.39, 0.29) is 29.1 Å². The monoisotopic (exact) mass is 361 g/mol. The van der Waals surface area contributed by atoms with Crippen LogP contribution in [0.4, 0.5) is 5.69 Å². The molecule has 2 rings (SSSR count). The number of aryl methyl sites for hydroxylation is 1. The molecule has 0 radical (unpaired) electrons. The van der Waals surface area contributed by atoms with Crippen LogP contribution in [0.1, 0.15) is 30.9 Å². The lowest BCUT2D eigenvalue weighted by Crippen LogP contribution is -2.40. The first kappa shape index (κ1) is 19.9. The van der Waals surface area contributed by atoms with Gasteiger partial charge < -0.3 is 10.6 Å². The van der Waals surface area contributed by atoms with Crippen LogP contribution in [0.25, 0.3) is 0 Å². The Bertz CT molecular complexity index is 691.